The number of anilines is 1. The molecule has 0 amide bonds. The Morgan fingerprint density at radius 3 is 2.83 bits per heavy atom. The van der Waals surface area contributed by atoms with Crippen LogP contribution in [-0.4, -0.2) is 51.2 Å². The van der Waals surface area contributed by atoms with Crippen LogP contribution in [0.3, 0.4) is 0 Å². The highest BCUT2D eigenvalue weighted by molar-refractivity contribution is 5.77. The number of alkyl halides is 2. The van der Waals surface area contributed by atoms with Crippen molar-refractivity contribution in [3.8, 4) is 5.75 Å². The molecule has 0 saturated carbocycles. The van der Waals surface area contributed by atoms with E-state index in [4.69, 9.17) is 4.74 Å². The molecule has 0 spiro atoms. The van der Waals surface area contributed by atoms with E-state index in [0.717, 1.165) is 17.6 Å². The fraction of sp³-hybridized carbons (Fsp3) is 0.619. The molecule has 166 valence electrons. The summed E-state index contributed by atoms with van der Waals surface area (Å²) < 4.78 is 47.7. The van der Waals surface area contributed by atoms with E-state index in [-0.39, 0.29) is 31.5 Å². The molecule has 3 heterocycles. The average molecular weight is 425 g/mol. The lowest BCUT2D eigenvalue weighted by Crippen LogP contribution is -2.63. The molecule has 1 aromatic carbocycles. The zero-order valence-electron chi connectivity index (χ0n) is 17.3. The molecule has 1 aromatic rings. The molecular formula is C21H30F3N5O. The van der Waals surface area contributed by atoms with Gasteiger partial charge in [0.25, 0.3) is 6.43 Å². The Balaban J connectivity index is 1.62. The monoisotopic (exact) mass is 425 g/mol. The molecular weight excluding hydrogens is 395 g/mol. The average Bonchev–Trinajstić information content (AvgIpc) is 3.02. The maximum Gasteiger partial charge on any atom is 0.253 e. The first-order valence-corrected chi connectivity index (χ1v) is 10.6. The van der Waals surface area contributed by atoms with E-state index in [0.29, 0.717) is 36.4 Å². The van der Waals surface area contributed by atoms with Crippen LogP contribution in [0.4, 0.5) is 18.9 Å². The number of allylic oxidation sites excluding steroid dienone is 1. The van der Waals surface area contributed by atoms with E-state index in [2.05, 4.69) is 33.5 Å². The SMILES string of the molecule is CNC1CC(C)NC(Nc2cc3c(c(C4=CCN[C@H](C(F)F)CC4)c2F)OCC3)N1. The molecule has 1 fully saturated rings. The second-order valence-corrected chi connectivity index (χ2v) is 8.21. The third-order valence-corrected chi connectivity index (χ3v) is 6.05. The Hall–Kier alpha value is -1.81. The quantitative estimate of drug-likeness (QED) is 0.499. The van der Waals surface area contributed by atoms with Crippen molar-refractivity contribution in [2.45, 2.75) is 63.6 Å². The smallest absolute Gasteiger partial charge is 0.253 e. The van der Waals surface area contributed by atoms with Gasteiger partial charge in [-0.1, -0.05) is 6.08 Å². The van der Waals surface area contributed by atoms with Gasteiger partial charge in [0.15, 0.2) is 5.82 Å². The van der Waals surface area contributed by atoms with Gasteiger partial charge < -0.3 is 20.7 Å². The highest BCUT2D eigenvalue weighted by atomic mass is 19.3. The second-order valence-electron chi connectivity index (χ2n) is 8.21. The highest BCUT2D eigenvalue weighted by Crippen LogP contribution is 2.41. The minimum absolute atomic E-state index is 0.112. The second kappa shape index (κ2) is 9.13. The highest BCUT2D eigenvalue weighted by Gasteiger charge is 2.30. The molecule has 3 aliphatic rings. The van der Waals surface area contributed by atoms with E-state index in [1.165, 1.54) is 0 Å². The van der Waals surface area contributed by atoms with Gasteiger partial charge in [-0.05, 0) is 44.9 Å². The van der Waals surface area contributed by atoms with Gasteiger partial charge in [-0.15, -0.1) is 0 Å². The summed E-state index contributed by atoms with van der Waals surface area (Å²) in [6.45, 7) is 2.86. The number of rotatable bonds is 5. The van der Waals surface area contributed by atoms with Gasteiger partial charge in [0.2, 0.25) is 0 Å². The number of halogens is 3. The molecule has 0 aromatic heterocycles. The Labute approximate surface area is 175 Å². The fourth-order valence-corrected chi connectivity index (χ4v) is 4.46. The number of fused-ring (bicyclic) bond motifs is 1. The predicted octanol–water partition coefficient (Wildman–Crippen LogP) is 2.37. The number of hydrogen-bond donors (Lipinski definition) is 5. The van der Waals surface area contributed by atoms with Crippen LogP contribution in [0.25, 0.3) is 5.57 Å². The van der Waals surface area contributed by atoms with Crippen molar-refractivity contribution in [2.24, 2.45) is 0 Å². The largest absolute Gasteiger partial charge is 0.492 e. The van der Waals surface area contributed by atoms with Crippen LogP contribution in [0.5, 0.6) is 5.75 Å². The number of nitrogens with one attached hydrogen (secondary N) is 5. The first-order valence-electron chi connectivity index (χ1n) is 10.6. The number of benzene rings is 1. The summed E-state index contributed by atoms with van der Waals surface area (Å²) >= 11 is 0. The summed E-state index contributed by atoms with van der Waals surface area (Å²) in [5, 5.41) is 16.0. The van der Waals surface area contributed by atoms with Crippen LogP contribution in [0.15, 0.2) is 12.1 Å². The third kappa shape index (κ3) is 4.44. The van der Waals surface area contributed by atoms with Gasteiger partial charge in [-0.3, -0.25) is 10.6 Å². The molecule has 0 aliphatic carbocycles. The molecule has 4 atom stereocenters. The Bertz CT molecular complexity index is 803. The molecule has 9 heteroatoms. The lowest BCUT2D eigenvalue weighted by molar-refractivity contribution is 0.0974. The lowest BCUT2D eigenvalue weighted by atomic mass is 9.95. The molecule has 0 bridgehead atoms. The summed E-state index contributed by atoms with van der Waals surface area (Å²) in [6.07, 6.45) is 1.41. The Morgan fingerprint density at radius 2 is 2.07 bits per heavy atom. The van der Waals surface area contributed by atoms with E-state index >= 15 is 4.39 Å². The van der Waals surface area contributed by atoms with Crippen molar-refractivity contribution in [3.63, 3.8) is 0 Å². The van der Waals surface area contributed by atoms with Gasteiger partial charge in [0, 0.05) is 24.6 Å². The standard InChI is InChI=1S/C21H30F3N5O/c1-11-9-16(25-2)29-21(27-11)28-15-10-13-6-8-30-19(13)17(18(15)22)12-3-4-14(20(23)24)26-7-5-12/h5,10-11,14,16,20-21,25-29H,3-4,6-9H2,1-2H3/t11?,14-,16?,21?/m0/s1. The van der Waals surface area contributed by atoms with Gasteiger partial charge in [0.1, 0.15) is 12.0 Å². The van der Waals surface area contributed by atoms with E-state index in [1.54, 1.807) is 6.07 Å². The van der Waals surface area contributed by atoms with Crippen LogP contribution < -0.4 is 31.3 Å². The predicted molar refractivity (Wildman–Crippen MR) is 111 cm³/mol. The zero-order chi connectivity index (χ0) is 21.3. The number of hydrogen-bond acceptors (Lipinski definition) is 6. The molecule has 4 rings (SSSR count). The van der Waals surface area contributed by atoms with Crippen LogP contribution in [0, 0.1) is 5.82 Å². The first-order chi connectivity index (χ1) is 14.5. The maximum absolute atomic E-state index is 15.7. The van der Waals surface area contributed by atoms with Crippen LogP contribution in [0.2, 0.25) is 0 Å². The molecule has 3 aliphatic heterocycles. The van der Waals surface area contributed by atoms with Crippen molar-refractivity contribution >= 4 is 11.3 Å². The van der Waals surface area contributed by atoms with Crippen LogP contribution in [-0.2, 0) is 6.42 Å². The van der Waals surface area contributed by atoms with Crippen molar-refractivity contribution in [1.29, 1.82) is 0 Å². The summed E-state index contributed by atoms with van der Waals surface area (Å²) in [5.74, 6) is 0.145. The van der Waals surface area contributed by atoms with Gasteiger partial charge in [-0.25, -0.2) is 13.2 Å². The summed E-state index contributed by atoms with van der Waals surface area (Å²) in [5.41, 5.74) is 2.44. The molecule has 1 saturated heterocycles. The summed E-state index contributed by atoms with van der Waals surface area (Å²) in [7, 11) is 1.89. The first kappa shape index (κ1) is 21.4. The molecule has 5 N–H and O–H groups in total. The van der Waals surface area contributed by atoms with Crippen LogP contribution >= 0.6 is 0 Å². The summed E-state index contributed by atoms with van der Waals surface area (Å²) in [4.78, 5) is 0. The van der Waals surface area contributed by atoms with Crippen molar-refractivity contribution < 1.29 is 17.9 Å². The van der Waals surface area contributed by atoms with E-state index in [9.17, 15) is 8.78 Å². The maximum atomic E-state index is 15.7. The summed E-state index contributed by atoms with van der Waals surface area (Å²) in [6, 6.07) is 1.17. The molecule has 6 nitrogen and oxygen atoms in total. The molecule has 3 unspecified atom stereocenters. The van der Waals surface area contributed by atoms with Crippen LogP contribution in [0.1, 0.15) is 37.3 Å². The zero-order valence-corrected chi connectivity index (χ0v) is 17.3. The van der Waals surface area contributed by atoms with Crippen molar-refractivity contribution in [1.82, 2.24) is 21.3 Å². The van der Waals surface area contributed by atoms with E-state index < -0.39 is 18.3 Å². The Kier molecular flexibility index (Phi) is 6.52. The minimum atomic E-state index is -2.44. The van der Waals surface area contributed by atoms with E-state index in [1.807, 2.05) is 13.1 Å². The molecule has 30 heavy (non-hydrogen) atoms. The minimum Gasteiger partial charge on any atom is -0.492 e. The third-order valence-electron chi connectivity index (χ3n) is 6.05. The fourth-order valence-electron chi connectivity index (χ4n) is 4.46. The normalized spacial score (nSPS) is 29.2. The van der Waals surface area contributed by atoms with Gasteiger partial charge in [-0.2, -0.15) is 0 Å². The van der Waals surface area contributed by atoms with Gasteiger partial charge in [0.05, 0.1) is 30.1 Å². The number of ether oxygens (including phenoxy) is 1. The topological polar surface area (TPSA) is 69.4 Å². The van der Waals surface area contributed by atoms with Crippen molar-refractivity contribution in [3.05, 3.63) is 29.1 Å². The van der Waals surface area contributed by atoms with Gasteiger partial charge >= 0.3 is 0 Å². The van der Waals surface area contributed by atoms with Crippen molar-refractivity contribution in [2.75, 3.05) is 25.5 Å². The molecule has 0 radical (unpaired) electrons. The lowest BCUT2D eigenvalue weighted by Gasteiger charge is -2.37. The Morgan fingerprint density at radius 1 is 1.23 bits per heavy atom.